The number of carbonyl (C=O) groups excluding carboxylic acids is 2. The lowest BCUT2D eigenvalue weighted by molar-refractivity contribution is -0.127. The van der Waals surface area contributed by atoms with E-state index >= 15 is 0 Å². The van der Waals surface area contributed by atoms with Crippen molar-refractivity contribution in [2.75, 3.05) is 11.9 Å². The SMILES string of the molecule is CC(C)CC(C)(CN)NC(=O)C1CC(=O)Nc2ccccc21. The van der Waals surface area contributed by atoms with Gasteiger partial charge in [0.1, 0.15) is 0 Å². The Morgan fingerprint density at radius 1 is 1.45 bits per heavy atom. The van der Waals surface area contributed by atoms with Gasteiger partial charge in [-0.3, -0.25) is 9.59 Å². The molecule has 1 heterocycles. The Bertz CT molecular complexity index is 571. The average Bonchev–Trinajstić information content (AvgIpc) is 2.45. The molecule has 0 bridgehead atoms. The molecule has 1 aromatic rings. The van der Waals surface area contributed by atoms with Gasteiger partial charge in [0.25, 0.3) is 0 Å². The van der Waals surface area contributed by atoms with Gasteiger partial charge in [0.05, 0.1) is 5.92 Å². The summed E-state index contributed by atoms with van der Waals surface area (Å²) in [7, 11) is 0. The van der Waals surface area contributed by atoms with E-state index in [1.54, 1.807) is 0 Å². The highest BCUT2D eigenvalue weighted by atomic mass is 16.2. The van der Waals surface area contributed by atoms with E-state index < -0.39 is 11.5 Å². The number of rotatable bonds is 5. The topological polar surface area (TPSA) is 84.2 Å². The molecule has 1 aliphatic rings. The van der Waals surface area contributed by atoms with E-state index in [2.05, 4.69) is 24.5 Å². The molecule has 0 saturated carbocycles. The molecular weight excluding hydrogens is 278 g/mol. The van der Waals surface area contributed by atoms with Crippen LogP contribution in [0.3, 0.4) is 0 Å². The lowest BCUT2D eigenvalue weighted by Gasteiger charge is -2.34. The van der Waals surface area contributed by atoms with Crippen molar-refractivity contribution in [1.29, 1.82) is 0 Å². The first-order valence-electron chi connectivity index (χ1n) is 7.75. The smallest absolute Gasteiger partial charge is 0.228 e. The Morgan fingerprint density at radius 3 is 2.77 bits per heavy atom. The van der Waals surface area contributed by atoms with Gasteiger partial charge >= 0.3 is 0 Å². The predicted octanol–water partition coefficient (Wildman–Crippen LogP) is 1.99. The van der Waals surface area contributed by atoms with Crippen molar-refractivity contribution in [3.63, 3.8) is 0 Å². The molecule has 2 unspecified atom stereocenters. The van der Waals surface area contributed by atoms with Crippen molar-refractivity contribution in [3.8, 4) is 0 Å². The van der Waals surface area contributed by atoms with E-state index in [1.165, 1.54) is 0 Å². The molecule has 1 aliphatic heterocycles. The summed E-state index contributed by atoms with van der Waals surface area (Å²) in [5, 5.41) is 5.87. The van der Waals surface area contributed by atoms with Gasteiger partial charge in [-0.1, -0.05) is 32.0 Å². The van der Waals surface area contributed by atoms with Crippen molar-refractivity contribution in [3.05, 3.63) is 29.8 Å². The minimum atomic E-state index is -0.456. The maximum atomic E-state index is 12.7. The molecule has 1 aromatic carbocycles. The Balaban J connectivity index is 2.21. The van der Waals surface area contributed by atoms with Crippen LogP contribution in [0.5, 0.6) is 0 Å². The number of amides is 2. The van der Waals surface area contributed by atoms with Crippen LogP contribution in [-0.4, -0.2) is 23.9 Å². The van der Waals surface area contributed by atoms with E-state index in [0.717, 1.165) is 17.7 Å². The second-order valence-electron chi connectivity index (χ2n) is 6.74. The summed E-state index contributed by atoms with van der Waals surface area (Å²) < 4.78 is 0. The highest BCUT2D eigenvalue weighted by molar-refractivity contribution is 6.01. The third-order valence-corrected chi connectivity index (χ3v) is 4.05. The van der Waals surface area contributed by atoms with E-state index in [0.29, 0.717) is 12.5 Å². The molecular formula is C17H25N3O2. The number of para-hydroxylation sites is 1. The van der Waals surface area contributed by atoms with Crippen LogP contribution in [0.4, 0.5) is 5.69 Å². The number of hydrogen-bond donors (Lipinski definition) is 3. The summed E-state index contributed by atoms with van der Waals surface area (Å²) in [6.45, 7) is 6.53. The second-order valence-corrected chi connectivity index (χ2v) is 6.74. The fourth-order valence-corrected chi connectivity index (χ4v) is 3.12. The van der Waals surface area contributed by atoms with Crippen LogP contribution in [0.1, 0.15) is 45.1 Å². The van der Waals surface area contributed by atoms with Crippen LogP contribution in [0.2, 0.25) is 0 Å². The van der Waals surface area contributed by atoms with Gasteiger partial charge in [-0.2, -0.15) is 0 Å². The van der Waals surface area contributed by atoms with Gasteiger partial charge in [-0.15, -0.1) is 0 Å². The number of fused-ring (bicyclic) bond motifs is 1. The quantitative estimate of drug-likeness (QED) is 0.778. The maximum absolute atomic E-state index is 12.7. The first-order chi connectivity index (χ1) is 10.3. The van der Waals surface area contributed by atoms with E-state index in [-0.39, 0.29) is 18.2 Å². The largest absolute Gasteiger partial charge is 0.349 e. The molecule has 0 radical (unpaired) electrons. The van der Waals surface area contributed by atoms with Gasteiger partial charge in [-0.05, 0) is 30.9 Å². The van der Waals surface area contributed by atoms with Gasteiger partial charge in [0.15, 0.2) is 0 Å². The van der Waals surface area contributed by atoms with Gasteiger partial charge in [0, 0.05) is 24.2 Å². The molecule has 2 rings (SSSR count). The van der Waals surface area contributed by atoms with Crippen LogP contribution < -0.4 is 16.4 Å². The van der Waals surface area contributed by atoms with Gasteiger partial charge < -0.3 is 16.4 Å². The van der Waals surface area contributed by atoms with Crippen LogP contribution >= 0.6 is 0 Å². The Hall–Kier alpha value is -1.88. The van der Waals surface area contributed by atoms with Crippen LogP contribution in [-0.2, 0) is 9.59 Å². The first kappa shape index (κ1) is 16.5. The molecule has 2 amide bonds. The highest BCUT2D eigenvalue weighted by Gasteiger charge is 2.34. The molecule has 0 aliphatic carbocycles. The predicted molar refractivity (Wildman–Crippen MR) is 87.5 cm³/mol. The maximum Gasteiger partial charge on any atom is 0.228 e. The van der Waals surface area contributed by atoms with Crippen LogP contribution in [0.15, 0.2) is 24.3 Å². The molecule has 4 N–H and O–H groups in total. The molecule has 0 saturated heterocycles. The second kappa shape index (κ2) is 6.48. The molecule has 5 heteroatoms. The van der Waals surface area contributed by atoms with Crippen LogP contribution in [0, 0.1) is 5.92 Å². The number of benzene rings is 1. The fraction of sp³-hybridized carbons (Fsp3) is 0.529. The molecule has 120 valence electrons. The number of nitrogens with two attached hydrogens (primary N) is 1. The van der Waals surface area contributed by atoms with Crippen molar-refractivity contribution in [2.24, 2.45) is 11.7 Å². The highest BCUT2D eigenvalue weighted by Crippen LogP contribution is 2.32. The summed E-state index contributed by atoms with van der Waals surface area (Å²) >= 11 is 0. The monoisotopic (exact) mass is 303 g/mol. The molecule has 0 spiro atoms. The number of anilines is 1. The third-order valence-electron chi connectivity index (χ3n) is 4.05. The van der Waals surface area contributed by atoms with E-state index in [4.69, 9.17) is 5.73 Å². The molecule has 0 fully saturated rings. The van der Waals surface area contributed by atoms with E-state index in [1.807, 2.05) is 31.2 Å². The zero-order chi connectivity index (χ0) is 16.3. The zero-order valence-corrected chi connectivity index (χ0v) is 13.5. The van der Waals surface area contributed by atoms with E-state index in [9.17, 15) is 9.59 Å². The summed E-state index contributed by atoms with van der Waals surface area (Å²) in [4.78, 5) is 24.6. The molecule has 5 nitrogen and oxygen atoms in total. The summed E-state index contributed by atoms with van der Waals surface area (Å²) in [6.07, 6.45) is 0.973. The standard InChI is InChI=1S/C17H25N3O2/c1-11(2)9-17(3,10-18)20-16(22)13-8-15(21)19-14-7-5-4-6-12(13)14/h4-7,11,13H,8-10,18H2,1-3H3,(H,19,21)(H,20,22). The van der Waals surface area contributed by atoms with Crippen molar-refractivity contribution < 1.29 is 9.59 Å². The lowest BCUT2D eigenvalue weighted by atomic mass is 9.86. The van der Waals surface area contributed by atoms with Crippen molar-refractivity contribution in [2.45, 2.75) is 45.1 Å². The zero-order valence-electron chi connectivity index (χ0n) is 13.5. The third kappa shape index (κ3) is 3.65. The average molecular weight is 303 g/mol. The summed E-state index contributed by atoms with van der Waals surface area (Å²) in [5.74, 6) is -0.285. The Morgan fingerprint density at radius 2 is 2.14 bits per heavy atom. The number of nitrogens with one attached hydrogen (secondary N) is 2. The Labute approximate surface area is 131 Å². The molecule has 22 heavy (non-hydrogen) atoms. The lowest BCUT2D eigenvalue weighted by Crippen LogP contribution is -2.53. The summed E-state index contributed by atoms with van der Waals surface area (Å²) in [6, 6.07) is 7.44. The Kier molecular flexibility index (Phi) is 4.86. The molecule has 0 aromatic heterocycles. The normalized spacial score (nSPS) is 20.0. The van der Waals surface area contributed by atoms with Crippen LogP contribution in [0.25, 0.3) is 0 Å². The first-order valence-corrected chi connectivity index (χ1v) is 7.75. The minimum Gasteiger partial charge on any atom is -0.349 e. The summed E-state index contributed by atoms with van der Waals surface area (Å²) in [5.41, 5.74) is 6.99. The minimum absolute atomic E-state index is 0.128. The fourth-order valence-electron chi connectivity index (χ4n) is 3.12. The van der Waals surface area contributed by atoms with Gasteiger partial charge in [0.2, 0.25) is 11.8 Å². The van der Waals surface area contributed by atoms with Crippen molar-refractivity contribution in [1.82, 2.24) is 5.32 Å². The van der Waals surface area contributed by atoms with Crippen molar-refractivity contribution >= 4 is 17.5 Å². The number of carbonyl (C=O) groups is 2. The number of hydrogen-bond acceptors (Lipinski definition) is 3. The van der Waals surface area contributed by atoms with Gasteiger partial charge in [-0.25, -0.2) is 0 Å². The molecule has 2 atom stereocenters.